The number of H-pyrrole nitrogens is 1. The normalized spacial score (nSPS) is 26.8. The van der Waals surface area contributed by atoms with Crippen molar-refractivity contribution in [3.8, 4) is 0 Å². The lowest BCUT2D eigenvalue weighted by Gasteiger charge is -2.11. The van der Waals surface area contributed by atoms with Gasteiger partial charge in [0.1, 0.15) is 5.82 Å². The third kappa shape index (κ3) is 3.35. The number of hydrogen-bond donors (Lipinski definition) is 2. The van der Waals surface area contributed by atoms with Crippen molar-refractivity contribution in [1.82, 2.24) is 20.5 Å². The van der Waals surface area contributed by atoms with Gasteiger partial charge >= 0.3 is 0 Å². The smallest absolute Gasteiger partial charge is 0.153 e. The molecule has 2 heterocycles. The Morgan fingerprint density at radius 1 is 0.842 bits per heavy atom. The lowest BCUT2D eigenvalue weighted by atomic mass is 9.96. The minimum atomic E-state index is 0.414. The van der Waals surface area contributed by atoms with Crippen LogP contribution in [0.3, 0.4) is 0 Å². The fraction of sp³-hybridized carbons (Fsp3) is 0.867. The minimum absolute atomic E-state index is 0.414. The molecule has 1 saturated heterocycles. The number of aromatic nitrogens is 3. The Bertz CT molecular complexity index is 371. The molecule has 19 heavy (non-hydrogen) atoms. The Labute approximate surface area is 115 Å². The third-order valence-corrected chi connectivity index (χ3v) is 4.63. The van der Waals surface area contributed by atoms with Crippen LogP contribution < -0.4 is 5.32 Å². The molecule has 2 aliphatic rings. The molecule has 1 saturated carbocycles. The van der Waals surface area contributed by atoms with Crippen LogP contribution in [0.5, 0.6) is 0 Å². The molecule has 0 aromatic carbocycles. The summed E-state index contributed by atoms with van der Waals surface area (Å²) in [6.45, 7) is 1.12. The molecule has 1 unspecified atom stereocenters. The van der Waals surface area contributed by atoms with Crippen molar-refractivity contribution in [2.24, 2.45) is 0 Å². The Kier molecular flexibility index (Phi) is 4.49. The van der Waals surface area contributed by atoms with E-state index in [0.717, 1.165) is 18.2 Å². The standard InChI is InChI=1S/C15H26N4/c1-2-4-6-9-12(8-5-3-1)14-17-15(19-18-14)13-10-7-11-16-13/h12-13,16H,1-11H2,(H,17,18,19). The predicted octanol–water partition coefficient (Wildman–Crippen LogP) is 3.45. The first-order valence-corrected chi connectivity index (χ1v) is 8.09. The first-order chi connectivity index (χ1) is 9.43. The Morgan fingerprint density at radius 3 is 2.26 bits per heavy atom. The highest BCUT2D eigenvalue weighted by molar-refractivity contribution is 5.03. The van der Waals surface area contributed by atoms with E-state index in [2.05, 4.69) is 15.5 Å². The summed E-state index contributed by atoms with van der Waals surface area (Å²) in [4.78, 5) is 4.79. The van der Waals surface area contributed by atoms with Gasteiger partial charge in [-0.05, 0) is 32.2 Å². The summed E-state index contributed by atoms with van der Waals surface area (Å²) in [6.07, 6.45) is 13.3. The highest BCUT2D eigenvalue weighted by Gasteiger charge is 2.22. The largest absolute Gasteiger partial charge is 0.307 e. The summed E-state index contributed by atoms with van der Waals surface area (Å²) in [7, 11) is 0. The molecule has 1 aliphatic heterocycles. The lowest BCUT2D eigenvalue weighted by Crippen LogP contribution is -2.14. The Morgan fingerprint density at radius 2 is 1.58 bits per heavy atom. The quantitative estimate of drug-likeness (QED) is 0.858. The van der Waals surface area contributed by atoms with Gasteiger partial charge in [-0.15, -0.1) is 0 Å². The number of rotatable bonds is 2. The van der Waals surface area contributed by atoms with Gasteiger partial charge in [-0.2, -0.15) is 5.10 Å². The third-order valence-electron chi connectivity index (χ3n) is 4.63. The molecule has 0 bridgehead atoms. The number of aromatic amines is 1. The molecule has 4 heteroatoms. The van der Waals surface area contributed by atoms with Crippen LogP contribution in [0.4, 0.5) is 0 Å². The van der Waals surface area contributed by atoms with Gasteiger partial charge in [-0.1, -0.05) is 38.5 Å². The van der Waals surface area contributed by atoms with E-state index < -0.39 is 0 Å². The van der Waals surface area contributed by atoms with Crippen LogP contribution in [-0.2, 0) is 0 Å². The zero-order chi connectivity index (χ0) is 12.9. The van der Waals surface area contributed by atoms with E-state index in [0.29, 0.717) is 12.0 Å². The van der Waals surface area contributed by atoms with Crippen molar-refractivity contribution in [2.75, 3.05) is 6.54 Å². The van der Waals surface area contributed by atoms with Crippen LogP contribution in [0.15, 0.2) is 0 Å². The van der Waals surface area contributed by atoms with Crippen molar-refractivity contribution in [3.05, 3.63) is 11.6 Å². The van der Waals surface area contributed by atoms with Crippen molar-refractivity contribution in [3.63, 3.8) is 0 Å². The van der Waals surface area contributed by atoms with E-state index in [1.807, 2.05) is 0 Å². The maximum Gasteiger partial charge on any atom is 0.153 e. The molecule has 1 aliphatic carbocycles. The monoisotopic (exact) mass is 262 g/mol. The van der Waals surface area contributed by atoms with Gasteiger partial charge in [0, 0.05) is 5.92 Å². The molecule has 1 aromatic heterocycles. The summed E-state index contributed by atoms with van der Waals surface area (Å²) < 4.78 is 0. The first-order valence-electron chi connectivity index (χ1n) is 8.09. The topological polar surface area (TPSA) is 53.6 Å². The molecule has 0 spiro atoms. The second-order valence-corrected chi connectivity index (χ2v) is 6.12. The van der Waals surface area contributed by atoms with Gasteiger partial charge in [0.2, 0.25) is 0 Å². The zero-order valence-electron chi connectivity index (χ0n) is 11.8. The van der Waals surface area contributed by atoms with E-state index >= 15 is 0 Å². The maximum absolute atomic E-state index is 4.79. The summed E-state index contributed by atoms with van der Waals surface area (Å²) in [6, 6.07) is 0.414. The summed E-state index contributed by atoms with van der Waals surface area (Å²) in [5.41, 5.74) is 0. The van der Waals surface area contributed by atoms with Crippen LogP contribution in [-0.4, -0.2) is 21.7 Å². The number of nitrogens with one attached hydrogen (secondary N) is 2. The van der Waals surface area contributed by atoms with Gasteiger partial charge < -0.3 is 5.32 Å². The van der Waals surface area contributed by atoms with E-state index in [4.69, 9.17) is 4.98 Å². The molecular formula is C15H26N4. The predicted molar refractivity (Wildman–Crippen MR) is 76.0 cm³/mol. The summed E-state index contributed by atoms with van der Waals surface area (Å²) >= 11 is 0. The van der Waals surface area contributed by atoms with Crippen molar-refractivity contribution < 1.29 is 0 Å². The first kappa shape index (κ1) is 13.1. The molecule has 0 amide bonds. The van der Waals surface area contributed by atoms with E-state index in [9.17, 15) is 0 Å². The molecule has 2 N–H and O–H groups in total. The van der Waals surface area contributed by atoms with Gasteiger partial charge in [-0.3, -0.25) is 5.10 Å². The minimum Gasteiger partial charge on any atom is -0.307 e. The second-order valence-electron chi connectivity index (χ2n) is 6.12. The second kappa shape index (κ2) is 6.51. The van der Waals surface area contributed by atoms with Crippen LogP contribution >= 0.6 is 0 Å². The Balaban J connectivity index is 1.65. The van der Waals surface area contributed by atoms with Crippen LogP contribution in [0.25, 0.3) is 0 Å². The number of hydrogen-bond acceptors (Lipinski definition) is 3. The molecule has 2 fully saturated rings. The zero-order valence-corrected chi connectivity index (χ0v) is 11.8. The molecule has 1 atom stereocenters. The van der Waals surface area contributed by atoms with Crippen LogP contribution in [0, 0.1) is 0 Å². The lowest BCUT2D eigenvalue weighted by molar-refractivity contribution is 0.516. The Hall–Kier alpha value is -0.900. The number of nitrogens with zero attached hydrogens (tertiary/aromatic N) is 2. The highest BCUT2D eigenvalue weighted by Crippen LogP contribution is 2.29. The van der Waals surface area contributed by atoms with Gasteiger partial charge in [0.25, 0.3) is 0 Å². The van der Waals surface area contributed by atoms with E-state index in [1.165, 1.54) is 64.2 Å². The van der Waals surface area contributed by atoms with Crippen LogP contribution in [0.1, 0.15) is 87.8 Å². The van der Waals surface area contributed by atoms with E-state index in [1.54, 1.807) is 0 Å². The van der Waals surface area contributed by atoms with E-state index in [-0.39, 0.29) is 0 Å². The van der Waals surface area contributed by atoms with Gasteiger partial charge in [-0.25, -0.2) is 4.98 Å². The average molecular weight is 262 g/mol. The average Bonchev–Trinajstić information content (AvgIpc) is 3.11. The summed E-state index contributed by atoms with van der Waals surface area (Å²) in [5.74, 6) is 2.72. The van der Waals surface area contributed by atoms with Crippen molar-refractivity contribution >= 4 is 0 Å². The van der Waals surface area contributed by atoms with Crippen molar-refractivity contribution in [2.45, 2.75) is 76.2 Å². The van der Waals surface area contributed by atoms with Gasteiger partial charge in [0.15, 0.2) is 5.82 Å². The SMILES string of the molecule is C1CCCCC(c2n[nH]c(C3CCCN3)n2)CCC1. The molecule has 4 nitrogen and oxygen atoms in total. The molecule has 1 aromatic rings. The molecule has 106 valence electrons. The molecule has 0 radical (unpaired) electrons. The summed E-state index contributed by atoms with van der Waals surface area (Å²) in [5, 5.41) is 11.2. The highest BCUT2D eigenvalue weighted by atomic mass is 15.2. The molecular weight excluding hydrogens is 236 g/mol. The maximum atomic E-state index is 4.79. The fourth-order valence-corrected chi connectivity index (χ4v) is 3.44. The van der Waals surface area contributed by atoms with Crippen LogP contribution in [0.2, 0.25) is 0 Å². The van der Waals surface area contributed by atoms with Gasteiger partial charge in [0.05, 0.1) is 6.04 Å². The van der Waals surface area contributed by atoms with Crippen molar-refractivity contribution in [1.29, 1.82) is 0 Å². The fourth-order valence-electron chi connectivity index (χ4n) is 3.44. The molecule has 3 rings (SSSR count).